The molecule has 0 radical (unpaired) electrons. The van der Waals surface area contributed by atoms with E-state index in [2.05, 4.69) is 0 Å². The predicted octanol–water partition coefficient (Wildman–Crippen LogP) is 3.68. The second-order valence-corrected chi connectivity index (χ2v) is 8.38. The Morgan fingerprint density at radius 3 is 2.33 bits per heavy atom. The van der Waals surface area contributed by atoms with Crippen molar-refractivity contribution in [2.75, 3.05) is 31.1 Å². The van der Waals surface area contributed by atoms with Gasteiger partial charge in [0.2, 0.25) is 0 Å². The highest BCUT2D eigenvalue weighted by Gasteiger charge is 2.41. The Labute approximate surface area is 192 Å². The summed E-state index contributed by atoms with van der Waals surface area (Å²) in [6.45, 7) is 1.13. The first-order chi connectivity index (χ1) is 16.1. The topological polar surface area (TPSA) is 70.2 Å². The Hall–Kier alpha value is -3.87. The molecular formula is C26H25N3O4. The van der Waals surface area contributed by atoms with E-state index in [1.165, 1.54) is 4.90 Å². The molecule has 0 spiro atoms. The second kappa shape index (κ2) is 8.94. The van der Waals surface area contributed by atoms with Gasteiger partial charge in [0.05, 0.1) is 5.69 Å². The van der Waals surface area contributed by atoms with Crippen LogP contribution in [0.25, 0.3) is 10.8 Å². The van der Waals surface area contributed by atoms with Crippen LogP contribution in [0.5, 0.6) is 5.75 Å². The number of piperidine rings is 1. The van der Waals surface area contributed by atoms with Crippen LogP contribution < -0.4 is 9.64 Å². The van der Waals surface area contributed by atoms with E-state index in [9.17, 15) is 14.4 Å². The number of carbonyl (C=O) groups excluding carboxylic acids is 3. The lowest BCUT2D eigenvalue weighted by Gasteiger charge is -2.36. The maximum absolute atomic E-state index is 12.9. The Balaban J connectivity index is 1.15. The lowest BCUT2D eigenvalue weighted by molar-refractivity contribution is -0.134. The quantitative estimate of drug-likeness (QED) is 0.564. The van der Waals surface area contributed by atoms with Crippen LogP contribution in [0.15, 0.2) is 72.8 Å². The van der Waals surface area contributed by atoms with Gasteiger partial charge in [0.25, 0.3) is 11.8 Å². The van der Waals surface area contributed by atoms with E-state index in [0.29, 0.717) is 37.4 Å². The molecule has 3 aromatic carbocycles. The Morgan fingerprint density at radius 1 is 0.879 bits per heavy atom. The van der Waals surface area contributed by atoms with Crippen molar-refractivity contribution in [3.05, 3.63) is 72.8 Å². The third-order valence-corrected chi connectivity index (χ3v) is 6.35. The molecule has 5 rings (SSSR count). The summed E-state index contributed by atoms with van der Waals surface area (Å²) in [7, 11) is 0. The van der Waals surface area contributed by atoms with Crippen molar-refractivity contribution in [3.63, 3.8) is 0 Å². The normalized spacial score (nSPS) is 17.2. The molecule has 0 saturated carbocycles. The van der Waals surface area contributed by atoms with Gasteiger partial charge in [-0.2, -0.15) is 0 Å². The third kappa shape index (κ3) is 4.26. The largest absolute Gasteiger partial charge is 0.484 e. The number of hydrogen-bond acceptors (Lipinski definition) is 4. The molecule has 0 atom stereocenters. The lowest BCUT2D eigenvalue weighted by atomic mass is 10.0. The average molecular weight is 444 g/mol. The monoisotopic (exact) mass is 443 g/mol. The maximum Gasteiger partial charge on any atom is 0.332 e. The van der Waals surface area contributed by atoms with Gasteiger partial charge in [0.15, 0.2) is 6.61 Å². The minimum atomic E-state index is -0.282. The molecule has 0 aliphatic carbocycles. The molecule has 33 heavy (non-hydrogen) atoms. The van der Waals surface area contributed by atoms with E-state index >= 15 is 0 Å². The van der Waals surface area contributed by atoms with E-state index in [4.69, 9.17) is 4.74 Å². The number of nitrogens with zero attached hydrogens (tertiary/aromatic N) is 3. The Morgan fingerprint density at radius 2 is 1.58 bits per heavy atom. The zero-order valence-corrected chi connectivity index (χ0v) is 18.2. The smallest absolute Gasteiger partial charge is 0.332 e. The van der Waals surface area contributed by atoms with Crippen LogP contribution >= 0.6 is 0 Å². The fourth-order valence-electron chi connectivity index (χ4n) is 4.56. The number of urea groups is 1. The Bertz CT molecular complexity index is 1190. The summed E-state index contributed by atoms with van der Waals surface area (Å²) >= 11 is 0. The first kappa shape index (κ1) is 21.0. The van der Waals surface area contributed by atoms with Gasteiger partial charge in [-0.1, -0.05) is 48.5 Å². The van der Waals surface area contributed by atoms with Gasteiger partial charge in [-0.25, -0.2) is 9.69 Å². The van der Waals surface area contributed by atoms with Crippen LogP contribution in [-0.2, 0) is 9.59 Å². The molecule has 2 aliphatic heterocycles. The van der Waals surface area contributed by atoms with Crippen LogP contribution in [0.4, 0.5) is 10.5 Å². The summed E-state index contributed by atoms with van der Waals surface area (Å²) < 4.78 is 5.74. The highest BCUT2D eigenvalue weighted by atomic mass is 16.5. The van der Waals surface area contributed by atoms with Crippen LogP contribution in [0.2, 0.25) is 0 Å². The van der Waals surface area contributed by atoms with Gasteiger partial charge in [0, 0.05) is 19.1 Å². The van der Waals surface area contributed by atoms with Crippen molar-refractivity contribution in [2.24, 2.45) is 0 Å². The molecule has 168 valence electrons. The summed E-state index contributed by atoms with van der Waals surface area (Å²) in [5.41, 5.74) is 0.591. The number of hydrogen-bond donors (Lipinski definition) is 0. The Kier molecular flexibility index (Phi) is 5.69. The first-order valence-corrected chi connectivity index (χ1v) is 11.2. The number of carbonyl (C=O) groups is 3. The van der Waals surface area contributed by atoms with E-state index < -0.39 is 0 Å². The van der Waals surface area contributed by atoms with Crippen LogP contribution in [0.1, 0.15) is 12.8 Å². The third-order valence-electron chi connectivity index (χ3n) is 6.35. The standard InChI is InChI=1S/C26H25N3O4/c30-24-17-28(26(32)29(24)22-8-2-1-3-9-22)21-12-14-27(15-13-21)25(31)18-33-23-11-10-19-6-4-5-7-20(19)16-23/h1-11,16,21H,12-15,17-18H2. The first-order valence-electron chi connectivity index (χ1n) is 11.2. The zero-order chi connectivity index (χ0) is 22.8. The number of ether oxygens (including phenoxy) is 1. The molecule has 4 amide bonds. The number of fused-ring (bicyclic) bond motifs is 1. The van der Waals surface area contributed by atoms with Crippen molar-refractivity contribution in [3.8, 4) is 5.75 Å². The van der Waals surface area contributed by atoms with E-state index in [1.807, 2.05) is 60.7 Å². The molecule has 7 nitrogen and oxygen atoms in total. The zero-order valence-electron chi connectivity index (χ0n) is 18.2. The van der Waals surface area contributed by atoms with E-state index in [-0.39, 0.29) is 37.0 Å². The summed E-state index contributed by atoms with van der Waals surface area (Å²) in [4.78, 5) is 42.7. The van der Waals surface area contributed by atoms with Gasteiger partial charge < -0.3 is 14.5 Å². The average Bonchev–Trinajstić information content (AvgIpc) is 3.16. The fraction of sp³-hybridized carbons (Fsp3) is 0.269. The second-order valence-electron chi connectivity index (χ2n) is 8.38. The van der Waals surface area contributed by atoms with Gasteiger partial charge in [0.1, 0.15) is 12.3 Å². The molecule has 0 bridgehead atoms. The van der Waals surface area contributed by atoms with Gasteiger partial charge in [-0.3, -0.25) is 9.59 Å². The van der Waals surface area contributed by atoms with Crippen molar-refractivity contribution in [2.45, 2.75) is 18.9 Å². The number of benzene rings is 3. The molecule has 0 N–H and O–H groups in total. The van der Waals surface area contributed by atoms with Gasteiger partial charge in [-0.05, 0) is 47.9 Å². The van der Waals surface area contributed by atoms with Crippen molar-refractivity contribution in [1.82, 2.24) is 9.80 Å². The van der Waals surface area contributed by atoms with Crippen molar-refractivity contribution in [1.29, 1.82) is 0 Å². The number of amides is 4. The molecule has 7 heteroatoms. The SMILES string of the molecule is O=C(COc1ccc2ccccc2c1)N1CCC(N2CC(=O)N(c3ccccc3)C2=O)CC1. The van der Waals surface area contributed by atoms with Gasteiger partial charge >= 0.3 is 6.03 Å². The highest BCUT2D eigenvalue weighted by molar-refractivity contribution is 6.19. The number of imide groups is 1. The minimum absolute atomic E-state index is 0.0219. The van der Waals surface area contributed by atoms with E-state index in [1.54, 1.807) is 21.9 Å². The fourth-order valence-corrected chi connectivity index (χ4v) is 4.56. The molecular weight excluding hydrogens is 418 g/mol. The number of anilines is 1. The van der Waals surface area contributed by atoms with E-state index in [0.717, 1.165) is 10.8 Å². The molecule has 0 unspecified atom stereocenters. The highest BCUT2D eigenvalue weighted by Crippen LogP contribution is 2.26. The molecule has 2 fully saturated rings. The summed E-state index contributed by atoms with van der Waals surface area (Å²) in [6.07, 6.45) is 1.28. The molecule has 3 aromatic rings. The van der Waals surface area contributed by atoms with Crippen LogP contribution in [0, 0.1) is 0 Å². The van der Waals surface area contributed by atoms with Crippen molar-refractivity contribution < 1.29 is 19.1 Å². The summed E-state index contributed by atoms with van der Waals surface area (Å²) in [5.74, 6) is 0.379. The van der Waals surface area contributed by atoms with Crippen LogP contribution in [0.3, 0.4) is 0 Å². The molecule has 2 heterocycles. The van der Waals surface area contributed by atoms with Gasteiger partial charge in [-0.15, -0.1) is 0 Å². The number of rotatable bonds is 5. The summed E-state index contributed by atoms with van der Waals surface area (Å²) in [5, 5.41) is 2.19. The molecule has 2 saturated heterocycles. The molecule has 2 aliphatic rings. The van der Waals surface area contributed by atoms with Crippen molar-refractivity contribution >= 4 is 34.3 Å². The van der Waals surface area contributed by atoms with Crippen LogP contribution in [-0.4, -0.2) is 59.9 Å². The number of likely N-dealkylation sites (tertiary alicyclic amines) is 1. The number of para-hydroxylation sites is 1. The molecule has 0 aromatic heterocycles. The summed E-state index contributed by atoms with van der Waals surface area (Å²) in [6, 6.07) is 22.4. The minimum Gasteiger partial charge on any atom is -0.484 e. The predicted molar refractivity (Wildman–Crippen MR) is 125 cm³/mol. The lowest BCUT2D eigenvalue weighted by Crippen LogP contribution is -2.49. The maximum atomic E-state index is 12.9.